The van der Waals surface area contributed by atoms with E-state index >= 15 is 0 Å². The molecule has 0 radical (unpaired) electrons. The lowest BCUT2D eigenvalue weighted by molar-refractivity contribution is 0.245. The molecule has 110 valence electrons. The van der Waals surface area contributed by atoms with Crippen molar-refractivity contribution in [3.8, 4) is 0 Å². The van der Waals surface area contributed by atoms with Gasteiger partial charge in [0.05, 0.1) is 5.75 Å². The third-order valence-corrected chi connectivity index (χ3v) is 3.95. The third kappa shape index (κ3) is 5.27. The molecule has 2 amide bonds. The van der Waals surface area contributed by atoms with Crippen LogP contribution in [0.5, 0.6) is 0 Å². The molecule has 0 heterocycles. The van der Waals surface area contributed by atoms with Gasteiger partial charge >= 0.3 is 6.03 Å². The fourth-order valence-electron chi connectivity index (χ4n) is 1.79. The maximum absolute atomic E-state index is 11.8. The second-order valence-electron chi connectivity index (χ2n) is 4.52. The molecule has 2 aromatic carbocycles. The number of nitrogens with one attached hydrogen (secondary N) is 2. The zero-order chi connectivity index (χ0) is 15.1. The molecule has 0 aliphatic heterocycles. The van der Waals surface area contributed by atoms with E-state index in [0.29, 0.717) is 5.56 Å². The molecule has 0 spiro atoms. The Morgan fingerprint density at radius 3 is 1.95 bits per heavy atom. The lowest BCUT2D eigenvalue weighted by atomic mass is 10.2. The maximum Gasteiger partial charge on any atom is 0.328 e. The topological polar surface area (TPSA) is 75.3 Å². The van der Waals surface area contributed by atoms with E-state index in [1.165, 1.54) is 0 Å². The van der Waals surface area contributed by atoms with E-state index in [2.05, 4.69) is 5.32 Å². The van der Waals surface area contributed by atoms with E-state index in [-0.39, 0.29) is 12.3 Å². The minimum Gasteiger partial charge on any atom is -0.333 e. The number of hydrogen-bond acceptors (Lipinski definition) is 3. The van der Waals surface area contributed by atoms with Gasteiger partial charge in [-0.15, -0.1) is 0 Å². The Labute approximate surface area is 124 Å². The molecule has 21 heavy (non-hydrogen) atoms. The van der Waals surface area contributed by atoms with Crippen LogP contribution >= 0.6 is 0 Å². The van der Waals surface area contributed by atoms with Gasteiger partial charge in [0.1, 0.15) is 0 Å². The standard InChI is InChI=1S/C15H16N2O3S/c18-15(16-11-13-7-3-1-4-8-13)17-21(19,20)12-14-9-5-2-6-10-14/h1-10H,11-12H2,(H2,16,17,18). The van der Waals surface area contributed by atoms with Crippen molar-refractivity contribution in [2.45, 2.75) is 12.3 Å². The highest BCUT2D eigenvalue weighted by molar-refractivity contribution is 7.89. The Balaban J connectivity index is 1.87. The zero-order valence-corrected chi connectivity index (χ0v) is 12.1. The van der Waals surface area contributed by atoms with E-state index in [9.17, 15) is 13.2 Å². The van der Waals surface area contributed by atoms with Crippen molar-refractivity contribution in [1.29, 1.82) is 0 Å². The van der Waals surface area contributed by atoms with Crippen LogP contribution in [-0.2, 0) is 22.3 Å². The molecule has 2 rings (SSSR count). The summed E-state index contributed by atoms with van der Waals surface area (Å²) in [5.74, 6) is -0.230. The third-order valence-electron chi connectivity index (χ3n) is 2.74. The van der Waals surface area contributed by atoms with Gasteiger partial charge in [0, 0.05) is 6.54 Å². The Morgan fingerprint density at radius 1 is 0.857 bits per heavy atom. The van der Waals surface area contributed by atoms with Gasteiger partial charge < -0.3 is 5.32 Å². The number of benzene rings is 2. The lowest BCUT2D eigenvalue weighted by Crippen LogP contribution is -2.39. The molecule has 2 N–H and O–H groups in total. The number of amides is 2. The van der Waals surface area contributed by atoms with E-state index in [1.807, 2.05) is 35.1 Å². The summed E-state index contributed by atoms with van der Waals surface area (Å²) in [6.07, 6.45) is 0. The Hall–Kier alpha value is -2.34. The van der Waals surface area contributed by atoms with Crippen molar-refractivity contribution in [2.24, 2.45) is 0 Å². The average molecular weight is 304 g/mol. The van der Waals surface area contributed by atoms with Crippen molar-refractivity contribution in [3.05, 3.63) is 71.8 Å². The van der Waals surface area contributed by atoms with Gasteiger partial charge in [-0.25, -0.2) is 17.9 Å². The van der Waals surface area contributed by atoms with Crippen molar-refractivity contribution in [3.63, 3.8) is 0 Å². The van der Waals surface area contributed by atoms with Crippen LogP contribution < -0.4 is 10.0 Å². The largest absolute Gasteiger partial charge is 0.333 e. The number of sulfonamides is 1. The van der Waals surface area contributed by atoms with E-state index in [4.69, 9.17) is 0 Å². The second-order valence-corrected chi connectivity index (χ2v) is 6.24. The maximum atomic E-state index is 11.8. The highest BCUT2D eigenvalue weighted by Gasteiger charge is 2.14. The van der Waals surface area contributed by atoms with Crippen LogP contribution in [0.15, 0.2) is 60.7 Å². The first-order valence-corrected chi connectivity index (χ1v) is 8.06. The van der Waals surface area contributed by atoms with Gasteiger partial charge in [0.2, 0.25) is 10.0 Å². The minimum atomic E-state index is -3.70. The second kappa shape index (κ2) is 6.90. The van der Waals surface area contributed by atoms with Crippen LogP contribution in [0.25, 0.3) is 0 Å². The zero-order valence-electron chi connectivity index (χ0n) is 11.3. The van der Waals surface area contributed by atoms with Crippen LogP contribution in [0.4, 0.5) is 4.79 Å². The Bertz CT molecular complexity index is 685. The number of carbonyl (C=O) groups is 1. The van der Waals surface area contributed by atoms with Crippen LogP contribution in [-0.4, -0.2) is 14.4 Å². The average Bonchev–Trinajstić information content (AvgIpc) is 2.46. The summed E-state index contributed by atoms with van der Waals surface area (Å²) in [7, 11) is -3.70. The van der Waals surface area contributed by atoms with Crippen LogP contribution in [0, 0.1) is 0 Å². The predicted octanol–water partition coefficient (Wildman–Crippen LogP) is 2.02. The first-order chi connectivity index (χ1) is 10.1. The molecule has 2 aromatic rings. The van der Waals surface area contributed by atoms with Gasteiger partial charge in [-0.3, -0.25) is 0 Å². The van der Waals surface area contributed by atoms with Crippen molar-refractivity contribution < 1.29 is 13.2 Å². The molecule has 6 heteroatoms. The highest BCUT2D eigenvalue weighted by atomic mass is 32.2. The lowest BCUT2D eigenvalue weighted by Gasteiger charge is -2.08. The van der Waals surface area contributed by atoms with Gasteiger partial charge in [-0.05, 0) is 11.1 Å². The molecule has 0 saturated carbocycles. The highest BCUT2D eigenvalue weighted by Crippen LogP contribution is 2.04. The van der Waals surface area contributed by atoms with Gasteiger partial charge in [-0.1, -0.05) is 60.7 Å². The Kier molecular flexibility index (Phi) is 4.94. The minimum absolute atomic E-state index is 0.230. The van der Waals surface area contributed by atoms with Gasteiger partial charge in [0.25, 0.3) is 0 Å². The molecule has 0 aliphatic carbocycles. The number of urea groups is 1. The first-order valence-electron chi connectivity index (χ1n) is 6.41. The van der Waals surface area contributed by atoms with Gasteiger partial charge in [0.15, 0.2) is 0 Å². The molecule has 0 saturated heterocycles. The van der Waals surface area contributed by atoms with Crippen molar-refractivity contribution in [1.82, 2.24) is 10.0 Å². The van der Waals surface area contributed by atoms with Crippen LogP contribution in [0.2, 0.25) is 0 Å². The summed E-state index contributed by atoms with van der Waals surface area (Å²) in [5, 5.41) is 2.51. The monoisotopic (exact) mass is 304 g/mol. The summed E-state index contributed by atoms with van der Waals surface area (Å²) in [6.45, 7) is 0.271. The first kappa shape index (κ1) is 15.1. The van der Waals surface area contributed by atoms with Crippen molar-refractivity contribution in [2.75, 3.05) is 0 Å². The fourth-order valence-corrected chi connectivity index (χ4v) is 2.84. The van der Waals surface area contributed by atoms with Crippen LogP contribution in [0.1, 0.15) is 11.1 Å². The molecule has 0 unspecified atom stereocenters. The number of rotatable bonds is 5. The molecular formula is C15H16N2O3S. The molecule has 0 bridgehead atoms. The Morgan fingerprint density at radius 2 is 1.38 bits per heavy atom. The molecule has 0 aliphatic rings. The predicted molar refractivity (Wildman–Crippen MR) is 80.9 cm³/mol. The van der Waals surface area contributed by atoms with Gasteiger partial charge in [-0.2, -0.15) is 0 Å². The normalized spacial score (nSPS) is 10.9. The SMILES string of the molecule is O=C(NCc1ccccc1)NS(=O)(=O)Cc1ccccc1. The number of carbonyl (C=O) groups excluding carboxylic acids is 1. The summed E-state index contributed by atoms with van der Waals surface area (Å²) in [6, 6.07) is 17.2. The summed E-state index contributed by atoms with van der Waals surface area (Å²) in [4.78, 5) is 11.6. The van der Waals surface area contributed by atoms with E-state index in [0.717, 1.165) is 5.56 Å². The van der Waals surface area contributed by atoms with Crippen LogP contribution in [0.3, 0.4) is 0 Å². The van der Waals surface area contributed by atoms with Crippen molar-refractivity contribution >= 4 is 16.1 Å². The smallest absolute Gasteiger partial charge is 0.328 e. The summed E-state index contributed by atoms with van der Waals surface area (Å²) < 4.78 is 25.7. The molecule has 0 atom stereocenters. The van der Waals surface area contributed by atoms with E-state index in [1.54, 1.807) is 30.3 Å². The van der Waals surface area contributed by atoms with E-state index < -0.39 is 16.1 Å². The molecule has 5 nitrogen and oxygen atoms in total. The summed E-state index contributed by atoms with van der Waals surface area (Å²) in [5.41, 5.74) is 1.52. The molecular weight excluding hydrogens is 288 g/mol. The molecule has 0 fully saturated rings. The quantitative estimate of drug-likeness (QED) is 0.887. The fraction of sp³-hybridized carbons (Fsp3) is 0.133. The summed E-state index contributed by atoms with van der Waals surface area (Å²) >= 11 is 0. The molecule has 0 aromatic heterocycles. The number of hydrogen-bond donors (Lipinski definition) is 2.